The molecular formula is C19H26ClFN4O2. The first-order chi connectivity index (χ1) is 12.7. The lowest BCUT2D eigenvalue weighted by atomic mass is 10.1. The van der Waals surface area contributed by atoms with Crippen molar-refractivity contribution in [2.24, 2.45) is 0 Å². The summed E-state index contributed by atoms with van der Waals surface area (Å²) >= 11 is 0. The highest BCUT2D eigenvalue weighted by Gasteiger charge is 2.25. The molecule has 148 valence electrons. The summed E-state index contributed by atoms with van der Waals surface area (Å²) < 4.78 is 18.2. The molecule has 0 bridgehead atoms. The smallest absolute Gasteiger partial charge is 0.226 e. The quantitative estimate of drug-likeness (QED) is 0.741. The van der Waals surface area contributed by atoms with Gasteiger partial charge in [0.2, 0.25) is 17.6 Å². The topological polar surface area (TPSA) is 71.3 Å². The first-order valence-corrected chi connectivity index (χ1v) is 9.26. The average molecular weight is 397 g/mol. The minimum Gasteiger partial charge on any atom is -0.339 e. The monoisotopic (exact) mass is 396 g/mol. The molecule has 1 aliphatic heterocycles. The molecule has 1 aromatic carbocycles. The maximum Gasteiger partial charge on any atom is 0.226 e. The predicted molar refractivity (Wildman–Crippen MR) is 103 cm³/mol. The highest BCUT2D eigenvalue weighted by atomic mass is 35.5. The summed E-state index contributed by atoms with van der Waals surface area (Å²) in [4.78, 5) is 18.9. The van der Waals surface area contributed by atoms with Gasteiger partial charge in [0.15, 0.2) is 0 Å². The highest BCUT2D eigenvalue weighted by Crippen LogP contribution is 2.17. The van der Waals surface area contributed by atoms with E-state index in [4.69, 9.17) is 4.52 Å². The van der Waals surface area contributed by atoms with Gasteiger partial charge in [0, 0.05) is 37.5 Å². The number of rotatable bonds is 8. The molecule has 1 atom stereocenters. The number of nitrogens with one attached hydrogen (secondary N) is 1. The molecule has 1 unspecified atom stereocenters. The molecule has 1 N–H and O–H groups in total. The summed E-state index contributed by atoms with van der Waals surface area (Å²) in [7, 11) is 0. The lowest BCUT2D eigenvalue weighted by Crippen LogP contribution is -2.42. The van der Waals surface area contributed by atoms with Crippen LogP contribution in [0, 0.1) is 5.82 Å². The third kappa shape index (κ3) is 5.74. The Morgan fingerprint density at radius 2 is 2.15 bits per heavy atom. The SMILES string of the molecule is CCCN(C(=O)CCCc1nc(-c2ccc(F)cc2)no1)C1CCNC1.Cl. The molecule has 2 heterocycles. The third-order valence-corrected chi connectivity index (χ3v) is 4.61. The van der Waals surface area contributed by atoms with Crippen molar-refractivity contribution in [3.63, 3.8) is 0 Å². The van der Waals surface area contributed by atoms with Crippen LogP contribution in [0.2, 0.25) is 0 Å². The Kier molecular flexibility index (Phi) is 8.19. The zero-order valence-electron chi connectivity index (χ0n) is 15.5. The molecule has 1 amide bonds. The number of carbonyl (C=O) groups is 1. The fourth-order valence-corrected chi connectivity index (χ4v) is 3.26. The van der Waals surface area contributed by atoms with E-state index in [1.165, 1.54) is 12.1 Å². The van der Waals surface area contributed by atoms with E-state index in [0.29, 0.717) is 42.6 Å². The van der Waals surface area contributed by atoms with Crippen LogP contribution >= 0.6 is 12.4 Å². The van der Waals surface area contributed by atoms with Crippen LogP contribution < -0.4 is 5.32 Å². The highest BCUT2D eigenvalue weighted by molar-refractivity contribution is 5.85. The molecule has 2 aromatic rings. The van der Waals surface area contributed by atoms with Gasteiger partial charge in [0.05, 0.1) is 0 Å². The number of carbonyl (C=O) groups excluding carboxylic acids is 1. The molecule has 1 saturated heterocycles. The maximum atomic E-state index is 13.0. The van der Waals surface area contributed by atoms with E-state index in [1.807, 2.05) is 4.90 Å². The van der Waals surface area contributed by atoms with Gasteiger partial charge in [-0.3, -0.25) is 4.79 Å². The predicted octanol–water partition coefficient (Wildman–Crippen LogP) is 3.22. The van der Waals surface area contributed by atoms with Gasteiger partial charge in [0.1, 0.15) is 5.82 Å². The molecule has 8 heteroatoms. The molecular weight excluding hydrogens is 371 g/mol. The van der Waals surface area contributed by atoms with E-state index < -0.39 is 0 Å². The molecule has 6 nitrogen and oxygen atoms in total. The molecule has 0 saturated carbocycles. The molecule has 1 aromatic heterocycles. The third-order valence-electron chi connectivity index (χ3n) is 4.61. The van der Waals surface area contributed by atoms with Gasteiger partial charge >= 0.3 is 0 Å². The average Bonchev–Trinajstić information content (AvgIpc) is 3.32. The summed E-state index contributed by atoms with van der Waals surface area (Å²) in [5.41, 5.74) is 0.709. The van der Waals surface area contributed by atoms with Crippen LogP contribution in [-0.2, 0) is 11.2 Å². The van der Waals surface area contributed by atoms with Crippen molar-refractivity contribution in [2.75, 3.05) is 19.6 Å². The standard InChI is InChI=1S/C19H25FN4O2.ClH/c1-2-12-24(16-10-11-21-13-16)18(25)5-3-4-17-22-19(23-26-17)14-6-8-15(20)9-7-14;/h6-9,16,21H,2-5,10-13H2,1H3;1H. The summed E-state index contributed by atoms with van der Waals surface area (Å²) in [6.45, 7) is 4.77. The second-order valence-electron chi connectivity index (χ2n) is 6.61. The van der Waals surface area contributed by atoms with E-state index in [9.17, 15) is 9.18 Å². The lowest BCUT2D eigenvalue weighted by Gasteiger charge is -2.28. The van der Waals surface area contributed by atoms with Gasteiger partial charge < -0.3 is 14.7 Å². The number of hydrogen-bond donors (Lipinski definition) is 1. The number of benzene rings is 1. The van der Waals surface area contributed by atoms with E-state index in [2.05, 4.69) is 22.4 Å². The minimum atomic E-state index is -0.301. The van der Waals surface area contributed by atoms with Gasteiger partial charge in [-0.05, 0) is 50.1 Å². The van der Waals surface area contributed by atoms with Crippen LogP contribution in [-0.4, -0.2) is 46.6 Å². The number of amides is 1. The Hall–Kier alpha value is -1.99. The van der Waals surface area contributed by atoms with E-state index in [-0.39, 0.29) is 24.1 Å². The van der Waals surface area contributed by atoms with Gasteiger partial charge in [-0.15, -0.1) is 12.4 Å². The molecule has 27 heavy (non-hydrogen) atoms. The Bertz CT molecular complexity index is 717. The van der Waals surface area contributed by atoms with Gasteiger partial charge in [-0.2, -0.15) is 4.98 Å². The Balaban J connectivity index is 0.00000261. The number of halogens is 2. The fraction of sp³-hybridized carbons (Fsp3) is 0.526. The van der Waals surface area contributed by atoms with Crippen LogP contribution in [0.5, 0.6) is 0 Å². The summed E-state index contributed by atoms with van der Waals surface area (Å²) in [5.74, 6) is 0.835. The largest absolute Gasteiger partial charge is 0.339 e. The normalized spacial score (nSPS) is 16.1. The van der Waals surface area contributed by atoms with Crippen molar-refractivity contribution in [1.82, 2.24) is 20.4 Å². The molecule has 0 spiro atoms. The van der Waals surface area contributed by atoms with Gasteiger partial charge in [0.25, 0.3) is 0 Å². The second kappa shape index (κ2) is 10.4. The first kappa shape index (κ1) is 21.3. The lowest BCUT2D eigenvalue weighted by molar-refractivity contribution is -0.133. The van der Waals surface area contributed by atoms with E-state index in [0.717, 1.165) is 32.5 Å². The molecule has 0 radical (unpaired) electrons. The minimum absolute atomic E-state index is 0. The number of hydrogen-bond acceptors (Lipinski definition) is 5. The Morgan fingerprint density at radius 1 is 1.37 bits per heavy atom. The molecule has 0 aliphatic carbocycles. The van der Waals surface area contributed by atoms with Crippen molar-refractivity contribution >= 4 is 18.3 Å². The van der Waals surface area contributed by atoms with Crippen molar-refractivity contribution in [1.29, 1.82) is 0 Å². The number of aromatic nitrogens is 2. The maximum absolute atomic E-state index is 13.0. The van der Waals surface area contributed by atoms with Crippen molar-refractivity contribution in [3.8, 4) is 11.4 Å². The van der Waals surface area contributed by atoms with Crippen molar-refractivity contribution < 1.29 is 13.7 Å². The Labute approximate surface area is 164 Å². The molecule has 1 fully saturated rings. The number of aryl methyl sites for hydroxylation is 1. The zero-order chi connectivity index (χ0) is 18.4. The second-order valence-corrected chi connectivity index (χ2v) is 6.61. The van der Waals surface area contributed by atoms with Crippen molar-refractivity contribution in [3.05, 3.63) is 36.0 Å². The number of nitrogens with zero attached hydrogens (tertiary/aromatic N) is 3. The molecule has 3 rings (SSSR count). The van der Waals surface area contributed by atoms with Gasteiger partial charge in [-0.25, -0.2) is 4.39 Å². The summed E-state index contributed by atoms with van der Waals surface area (Å²) in [5, 5.41) is 7.25. The Morgan fingerprint density at radius 3 is 2.81 bits per heavy atom. The van der Waals surface area contributed by atoms with Crippen LogP contribution in [0.1, 0.15) is 38.5 Å². The molecule has 1 aliphatic rings. The zero-order valence-corrected chi connectivity index (χ0v) is 16.3. The van der Waals surface area contributed by atoms with E-state index in [1.54, 1.807) is 12.1 Å². The van der Waals surface area contributed by atoms with E-state index >= 15 is 0 Å². The first-order valence-electron chi connectivity index (χ1n) is 9.26. The van der Waals surface area contributed by atoms with Crippen LogP contribution in [0.4, 0.5) is 4.39 Å². The van der Waals surface area contributed by atoms with Crippen LogP contribution in [0.15, 0.2) is 28.8 Å². The van der Waals surface area contributed by atoms with Crippen molar-refractivity contribution in [2.45, 2.75) is 45.1 Å². The van der Waals surface area contributed by atoms with Crippen LogP contribution in [0.3, 0.4) is 0 Å². The fourth-order valence-electron chi connectivity index (χ4n) is 3.26. The van der Waals surface area contributed by atoms with Crippen LogP contribution in [0.25, 0.3) is 11.4 Å². The summed E-state index contributed by atoms with van der Waals surface area (Å²) in [6.07, 6.45) is 3.70. The van der Waals surface area contributed by atoms with Gasteiger partial charge in [-0.1, -0.05) is 12.1 Å². The summed E-state index contributed by atoms with van der Waals surface area (Å²) in [6, 6.07) is 6.28.